The Morgan fingerprint density at radius 2 is 1.81 bits per heavy atom. The molecular weight excluding hydrogens is 313 g/mol. The highest BCUT2D eigenvalue weighted by Gasteiger charge is 2.07. The van der Waals surface area contributed by atoms with Crippen molar-refractivity contribution in [2.24, 2.45) is 0 Å². The molecule has 0 aliphatic rings. The fourth-order valence-corrected chi connectivity index (χ4v) is 1.93. The smallest absolute Gasteiger partial charge is 0.344 e. The number of halogens is 2. The van der Waals surface area contributed by atoms with Crippen molar-refractivity contribution in [2.75, 3.05) is 12.3 Å². The zero-order chi connectivity index (χ0) is 15.2. The molecule has 0 amide bonds. The molecule has 4 nitrogen and oxygen atoms in total. The molecule has 0 fully saturated rings. The number of rotatable bonds is 5. The second-order valence-electron chi connectivity index (χ2n) is 4.25. The van der Waals surface area contributed by atoms with E-state index < -0.39 is 5.97 Å². The SMILES string of the molecule is Nc1ccc(OCC(=O)OCc2cc(Cl)ccc2Cl)cc1. The highest BCUT2D eigenvalue weighted by Crippen LogP contribution is 2.21. The topological polar surface area (TPSA) is 61.5 Å². The summed E-state index contributed by atoms with van der Waals surface area (Å²) in [7, 11) is 0. The summed E-state index contributed by atoms with van der Waals surface area (Å²) >= 11 is 11.8. The summed E-state index contributed by atoms with van der Waals surface area (Å²) in [5.41, 5.74) is 6.82. The lowest BCUT2D eigenvalue weighted by molar-refractivity contribution is -0.147. The minimum atomic E-state index is -0.497. The van der Waals surface area contributed by atoms with Crippen LogP contribution in [-0.4, -0.2) is 12.6 Å². The fourth-order valence-electron chi connectivity index (χ4n) is 1.56. The van der Waals surface area contributed by atoms with Crippen molar-refractivity contribution in [3.8, 4) is 5.75 Å². The molecule has 2 rings (SSSR count). The van der Waals surface area contributed by atoms with Crippen LogP contribution in [0.4, 0.5) is 5.69 Å². The van der Waals surface area contributed by atoms with Crippen LogP contribution in [-0.2, 0) is 16.1 Å². The Labute approximate surface area is 132 Å². The van der Waals surface area contributed by atoms with E-state index in [0.29, 0.717) is 27.0 Å². The van der Waals surface area contributed by atoms with Crippen LogP contribution >= 0.6 is 23.2 Å². The van der Waals surface area contributed by atoms with Gasteiger partial charge < -0.3 is 15.2 Å². The van der Waals surface area contributed by atoms with Crippen molar-refractivity contribution >= 4 is 34.9 Å². The lowest BCUT2D eigenvalue weighted by atomic mass is 10.2. The van der Waals surface area contributed by atoms with Crippen LogP contribution in [0.1, 0.15) is 5.56 Å². The van der Waals surface area contributed by atoms with Crippen molar-refractivity contribution in [3.05, 3.63) is 58.1 Å². The normalized spacial score (nSPS) is 10.2. The maximum Gasteiger partial charge on any atom is 0.344 e. The number of carbonyl (C=O) groups excluding carboxylic acids is 1. The van der Waals surface area contributed by atoms with E-state index in [2.05, 4.69) is 0 Å². The number of anilines is 1. The standard InChI is InChI=1S/C15H13Cl2NO3/c16-11-1-6-14(17)10(7-11)8-21-15(19)9-20-13-4-2-12(18)3-5-13/h1-7H,8-9,18H2. The quantitative estimate of drug-likeness (QED) is 0.672. The minimum Gasteiger partial charge on any atom is -0.482 e. The highest BCUT2D eigenvalue weighted by atomic mass is 35.5. The minimum absolute atomic E-state index is 0.0450. The number of carbonyl (C=O) groups is 1. The van der Waals surface area contributed by atoms with Crippen molar-refractivity contribution in [1.82, 2.24) is 0 Å². The first-order valence-electron chi connectivity index (χ1n) is 6.12. The summed E-state index contributed by atoms with van der Waals surface area (Å²) in [6.45, 7) is -0.147. The lowest BCUT2D eigenvalue weighted by Crippen LogP contribution is -2.14. The first-order chi connectivity index (χ1) is 10.0. The van der Waals surface area contributed by atoms with Crippen LogP contribution in [0, 0.1) is 0 Å². The third-order valence-electron chi connectivity index (χ3n) is 2.63. The molecule has 0 atom stereocenters. The van der Waals surface area contributed by atoms with E-state index in [4.69, 9.17) is 38.4 Å². The van der Waals surface area contributed by atoms with Gasteiger partial charge in [0.2, 0.25) is 0 Å². The zero-order valence-electron chi connectivity index (χ0n) is 11.0. The van der Waals surface area contributed by atoms with E-state index >= 15 is 0 Å². The van der Waals surface area contributed by atoms with Gasteiger partial charge in [0.1, 0.15) is 12.4 Å². The molecule has 0 bridgehead atoms. The largest absolute Gasteiger partial charge is 0.482 e. The Bertz CT molecular complexity index is 629. The van der Waals surface area contributed by atoms with Crippen LogP contribution in [0.15, 0.2) is 42.5 Å². The molecule has 0 heterocycles. The van der Waals surface area contributed by atoms with Gasteiger partial charge in [-0.3, -0.25) is 0 Å². The van der Waals surface area contributed by atoms with E-state index in [9.17, 15) is 4.79 Å². The predicted octanol–water partition coefficient (Wildman–Crippen LogP) is 3.70. The number of ether oxygens (including phenoxy) is 2. The number of nitrogens with two attached hydrogens (primary N) is 1. The number of esters is 1. The van der Waals surface area contributed by atoms with Gasteiger partial charge in [-0.15, -0.1) is 0 Å². The Morgan fingerprint density at radius 3 is 2.52 bits per heavy atom. The number of hydrogen-bond donors (Lipinski definition) is 1. The third-order valence-corrected chi connectivity index (χ3v) is 3.24. The fraction of sp³-hybridized carbons (Fsp3) is 0.133. The Hall–Kier alpha value is -1.91. The van der Waals surface area contributed by atoms with E-state index in [-0.39, 0.29) is 13.2 Å². The maximum absolute atomic E-state index is 11.6. The molecule has 110 valence electrons. The van der Waals surface area contributed by atoms with E-state index in [1.165, 1.54) is 0 Å². The molecule has 2 aromatic carbocycles. The average molecular weight is 326 g/mol. The van der Waals surface area contributed by atoms with Crippen LogP contribution in [0.2, 0.25) is 10.0 Å². The molecule has 0 saturated carbocycles. The van der Waals surface area contributed by atoms with Gasteiger partial charge in [-0.2, -0.15) is 0 Å². The Balaban J connectivity index is 1.82. The molecule has 0 aliphatic carbocycles. The van der Waals surface area contributed by atoms with Gasteiger partial charge in [-0.05, 0) is 42.5 Å². The molecule has 0 saturated heterocycles. The van der Waals surface area contributed by atoms with Crippen LogP contribution in [0.5, 0.6) is 5.75 Å². The summed E-state index contributed by atoms with van der Waals surface area (Å²) in [6, 6.07) is 11.7. The van der Waals surface area contributed by atoms with Crippen molar-refractivity contribution < 1.29 is 14.3 Å². The third kappa shape index (κ3) is 4.85. The number of hydrogen-bond acceptors (Lipinski definition) is 4. The summed E-state index contributed by atoms with van der Waals surface area (Å²) in [5.74, 6) is 0.0461. The first kappa shape index (κ1) is 15.5. The van der Waals surface area contributed by atoms with Gasteiger partial charge in [0.25, 0.3) is 0 Å². The summed E-state index contributed by atoms with van der Waals surface area (Å²) < 4.78 is 10.4. The predicted molar refractivity (Wildman–Crippen MR) is 82.6 cm³/mol. The lowest BCUT2D eigenvalue weighted by Gasteiger charge is -2.08. The number of benzene rings is 2. The molecule has 0 radical (unpaired) electrons. The molecule has 0 aromatic heterocycles. The second kappa shape index (κ2) is 7.20. The van der Waals surface area contributed by atoms with E-state index in [1.54, 1.807) is 42.5 Å². The monoisotopic (exact) mass is 325 g/mol. The van der Waals surface area contributed by atoms with E-state index in [1.807, 2.05) is 0 Å². The van der Waals surface area contributed by atoms with Crippen molar-refractivity contribution in [1.29, 1.82) is 0 Å². The summed E-state index contributed by atoms with van der Waals surface area (Å²) in [6.07, 6.45) is 0. The second-order valence-corrected chi connectivity index (χ2v) is 5.10. The molecular formula is C15H13Cl2NO3. The van der Waals surface area contributed by atoms with Gasteiger partial charge in [0.15, 0.2) is 6.61 Å². The van der Waals surface area contributed by atoms with Gasteiger partial charge in [-0.1, -0.05) is 23.2 Å². The molecule has 2 N–H and O–H groups in total. The summed E-state index contributed by atoms with van der Waals surface area (Å²) in [5, 5.41) is 1.02. The molecule has 6 heteroatoms. The maximum atomic E-state index is 11.6. The van der Waals surface area contributed by atoms with Gasteiger partial charge in [-0.25, -0.2) is 4.79 Å². The molecule has 0 aliphatic heterocycles. The van der Waals surface area contributed by atoms with Crippen LogP contribution in [0.25, 0.3) is 0 Å². The van der Waals surface area contributed by atoms with Crippen molar-refractivity contribution in [3.63, 3.8) is 0 Å². The Kier molecular flexibility index (Phi) is 5.31. The average Bonchev–Trinajstić information content (AvgIpc) is 2.47. The Morgan fingerprint density at radius 1 is 1.10 bits per heavy atom. The van der Waals surface area contributed by atoms with Gasteiger partial charge in [0.05, 0.1) is 0 Å². The molecule has 0 spiro atoms. The van der Waals surface area contributed by atoms with Gasteiger partial charge >= 0.3 is 5.97 Å². The highest BCUT2D eigenvalue weighted by molar-refractivity contribution is 6.33. The zero-order valence-corrected chi connectivity index (χ0v) is 12.5. The van der Waals surface area contributed by atoms with Crippen LogP contribution in [0.3, 0.4) is 0 Å². The van der Waals surface area contributed by atoms with Gasteiger partial charge in [0, 0.05) is 21.3 Å². The number of nitrogen functional groups attached to an aromatic ring is 1. The molecule has 2 aromatic rings. The van der Waals surface area contributed by atoms with Crippen LogP contribution < -0.4 is 10.5 Å². The van der Waals surface area contributed by atoms with E-state index in [0.717, 1.165) is 0 Å². The van der Waals surface area contributed by atoms with Crippen molar-refractivity contribution in [2.45, 2.75) is 6.61 Å². The molecule has 0 unspecified atom stereocenters. The molecule has 21 heavy (non-hydrogen) atoms. The summed E-state index contributed by atoms with van der Waals surface area (Å²) in [4.78, 5) is 11.6. The first-order valence-corrected chi connectivity index (χ1v) is 6.88.